The number of pyridine rings is 1. The molecule has 0 bridgehead atoms. The molecule has 0 saturated carbocycles. The zero-order valence-corrected chi connectivity index (χ0v) is 17.9. The average Bonchev–Trinajstić information content (AvgIpc) is 2.78. The topological polar surface area (TPSA) is 118 Å². The summed E-state index contributed by atoms with van der Waals surface area (Å²) in [6.07, 6.45) is 0. The molecule has 0 aliphatic rings. The summed E-state index contributed by atoms with van der Waals surface area (Å²) in [6.45, 7) is 0. The molecule has 158 valence electrons. The fourth-order valence-corrected chi connectivity index (χ4v) is 3.52. The van der Waals surface area contributed by atoms with Gasteiger partial charge in [-0.3, -0.25) is 0 Å². The molecule has 0 unspecified atom stereocenters. The van der Waals surface area contributed by atoms with Gasteiger partial charge in [-0.1, -0.05) is 11.6 Å². The second-order valence-electron chi connectivity index (χ2n) is 6.64. The smallest absolute Gasteiger partial charge is 0.221 e. The number of benzene rings is 2. The quantitative estimate of drug-likeness (QED) is 0.476. The molecular weight excluding hydrogens is 418 g/mol. The maximum absolute atomic E-state index is 6.46. The number of hydrogen-bond donors (Lipinski definition) is 2. The van der Waals surface area contributed by atoms with Gasteiger partial charge in [-0.05, 0) is 42.5 Å². The van der Waals surface area contributed by atoms with Crippen LogP contribution in [0.1, 0.15) is 0 Å². The van der Waals surface area contributed by atoms with Gasteiger partial charge in [0.15, 0.2) is 11.5 Å². The van der Waals surface area contributed by atoms with E-state index in [9.17, 15) is 0 Å². The van der Waals surface area contributed by atoms with Gasteiger partial charge in [0.25, 0.3) is 0 Å². The highest BCUT2D eigenvalue weighted by Crippen LogP contribution is 2.38. The molecule has 4 rings (SSSR count). The van der Waals surface area contributed by atoms with Gasteiger partial charge in [-0.15, -0.1) is 0 Å². The lowest BCUT2D eigenvalue weighted by molar-refractivity contribution is 0.355. The minimum absolute atomic E-state index is 0.0847. The molecule has 31 heavy (non-hydrogen) atoms. The van der Waals surface area contributed by atoms with Crippen LogP contribution in [-0.4, -0.2) is 36.3 Å². The van der Waals surface area contributed by atoms with Crippen LogP contribution in [0.3, 0.4) is 0 Å². The number of anilines is 2. The van der Waals surface area contributed by atoms with E-state index in [0.29, 0.717) is 55.9 Å². The lowest BCUT2D eigenvalue weighted by Crippen LogP contribution is -2.03. The number of aromatic nitrogens is 3. The highest BCUT2D eigenvalue weighted by molar-refractivity contribution is 6.33. The Hall–Kier alpha value is -3.78. The number of methoxy groups -OCH3 is 3. The highest BCUT2D eigenvalue weighted by Gasteiger charge is 2.18. The third kappa shape index (κ3) is 3.73. The number of rotatable bonds is 5. The number of halogens is 1. The van der Waals surface area contributed by atoms with Crippen LogP contribution in [0.5, 0.6) is 17.2 Å². The Bertz CT molecular complexity index is 1300. The van der Waals surface area contributed by atoms with Crippen LogP contribution in [-0.2, 0) is 0 Å². The Morgan fingerprint density at radius 3 is 2.26 bits per heavy atom. The molecular formula is C22H20ClN5O3. The molecule has 2 heterocycles. The molecule has 0 saturated heterocycles. The first kappa shape index (κ1) is 20.5. The van der Waals surface area contributed by atoms with Crippen molar-refractivity contribution in [1.29, 1.82) is 0 Å². The summed E-state index contributed by atoms with van der Waals surface area (Å²) in [6, 6.07) is 12.4. The Labute approximate surface area is 183 Å². The largest absolute Gasteiger partial charge is 0.497 e. The van der Waals surface area contributed by atoms with Crippen LogP contribution in [0, 0.1) is 0 Å². The molecule has 0 radical (unpaired) electrons. The molecule has 0 spiro atoms. The van der Waals surface area contributed by atoms with Gasteiger partial charge in [0, 0.05) is 11.1 Å². The van der Waals surface area contributed by atoms with Crippen LogP contribution >= 0.6 is 11.6 Å². The molecule has 9 heteroatoms. The van der Waals surface area contributed by atoms with Crippen molar-refractivity contribution >= 4 is 34.3 Å². The summed E-state index contributed by atoms with van der Waals surface area (Å²) < 4.78 is 16.1. The summed E-state index contributed by atoms with van der Waals surface area (Å²) in [5, 5.41) is 0.478. The molecule has 4 aromatic rings. The lowest BCUT2D eigenvalue weighted by atomic mass is 10.1. The van der Waals surface area contributed by atoms with Crippen LogP contribution in [0.4, 0.5) is 11.6 Å². The number of nitrogen functional groups attached to an aromatic ring is 2. The van der Waals surface area contributed by atoms with Crippen molar-refractivity contribution in [3.63, 3.8) is 0 Å². The zero-order valence-electron chi connectivity index (χ0n) is 17.1. The molecule has 2 aromatic heterocycles. The van der Waals surface area contributed by atoms with E-state index < -0.39 is 0 Å². The van der Waals surface area contributed by atoms with Crippen molar-refractivity contribution in [1.82, 2.24) is 15.0 Å². The first-order valence-electron chi connectivity index (χ1n) is 9.25. The molecule has 8 nitrogen and oxygen atoms in total. The number of fused-ring (bicyclic) bond motifs is 1. The number of nitrogens with zero attached hydrogens (tertiary/aromatic N) is 3. The third-order valence-corrected chi connectivity index (χ3v) is 5.13. The molecule has 4 N–H and O–H groups in total. The van der Waals surface area contributed by atoms with E-state index in [0.717, 1.165) is 5.56 Å². The second kappa shape index (κ2) is 8.16. The number of hydrogen-bond acceptors (Lipinski definition) is 8. The van der Waals surface area contributed by atoms with Gasteiger partial charge < -0.3 is 25.7 Å². The minimum atomic E-state index is 0.0847. The van der Waals surface area contributed by atoms with E-state index in [1.807, 2.05) is 6.07 Å². The van der Waals surface area contributed by atoms with E-state index in [2.05, 4.69) is 9.97 Å². The summed E-state index contributed by atoms with van der Waals surface area (Å²) in [4.78, 5) is 13.5. The second-order valence-corrected chi connectivity index (χ2v) is 7.05. The molecule has 2 aromatic carbocycles. The SMILES string of the molecule is COc1ccc(Cl)c(-c2nc(N)nc3cc(N)c(-c4ccc(OC)c(OC)c4)nc23)c1. The van der Waals surface area contributed by atoms with Gasteiger partial charge in [-0.25, -0.2) is 15.0 Å². The average molecular weight is 438 g/mol. The summed E-state index contributed by atoms with van der Waals surface area (Å²) in [5.41, 5.74) is 16.1. The van der Waals surface area contributed by atoms with Gasteiger partial charge in [0.2, 0.25) is 5.95 Å². The summed E-state index contributed by atoms with van der Waals surface area (Å²) >= 11 is 6.46. The van der Waals surface area contributed by atoms with E-state index in [4.69, 9.17) is 42.3 Å². The van der Waals surface area contributed by atoms with E-state index >= 15 is 0 Å². The maximum Gasteiger partial charge on any atom is 0.221 e. The van der Waals surface area contributed by atoms with Crippen LogP contribution in [0.2, 0.25) is 5.02 Å². The van der Waals surface area contributed by atoms with Gasteiger partial charge in [0.1, 0.15) is 17.0 Å². The van der Waals surface area contributed by atoms with Crippen LogP contribution in [0.15, 0.2) is 42.5 Å². The van der Waals surface area contributed by atoms with Gasteiger partial charge in [-0.2, -0.15) is 0 Å². The molecule has 0 aliphatic heterocycles. The fraction of sp³-hybridized carbons (Fsp3) is 0.136. The number of nitrogens with two attached hydrogens (primary N) is 2. The Balaban J connectivity index is 1.99. The molecule has 0 amide bonds. The van der Waals surface area contributed by atoms with Crippen molar-refractivity contribution in [3.05, 3.63) is 47.5 Å². The molecule has 0 aliphatic carbocycles. The van der Waals surface area contributed by atoms with Crippen molar-refractivity contribution < 1.29 is 14.2 Å². The monoisotopic (exact) mass is 437 g/mol. The first-order chi connectivity index (χ1) is 14.9. The van der Waals surface area contributed by atoms with Crippen LogP contribution in [0.25, 0.3) is 33.5 Å². The Morgan fingerprint density at radius 2 is 1.55 bits per heavy atom. The third-order valence-electron chi connectivity index (χ3n) is 4.80. The standard InChI is InChI=1S/C22H20ClN5O3/c1-29-12-5-6-14(23)13(9-12)20-21-16(26-22(25)28-20)10-15(24)19(27-21)11-4-7-17(30-2)18(8-11)31-3/h4-10H,24H2,1-3H3,(H2,25,26,28). The van der Waals surface area contributed by atoms with E-state index in [-0.39, 0.29) is 5.95 Å². The Kier molecular flexibility index (Phi) is 5.39. The Morgan fingerprint density at radius 1 is 0.774 bits per heavy atom. The minimum Gasteiger partial charge on any atom is -0.497 e. The van der Waals surface area contributed by atoms with E-state index in [1.165, 1.54) is 0 Å². The molecule has 0 fully saturated rings. The van der Waals surface area contributed by atoms with Crippen molar-refractivity contribution in [3.8, 4) is 39.8 Å². The van der Waals surface area contributed by atoms with Gasteiger partial charge >= 0.3 is 0 Å². The first-order valence-corrected chi connectivity index (χ1v) is 9.63. The summed E-state index contributed by atoms with van der Waals surface area (Å²) in [5.74, 6) is 1.87. The maximum atomic E-state index is 6.46. The summed E-state index contributed by atoms with van der Waals surface area (Å²) in [7, 11) is 4.72. The predicted octanol–water partition coefficient (Wildman–Crippen LogP) is 4.20. The number of ether oxygens (including phenoxy) is 3. The lowest BCUT2D eigenvalue weighted by Gasteiger charge is -2.13. The van der Waals surface area contributed by atoms with Crippen LogP contribution < -0.4 is 25.7 Å². The zero-order chi connectivity index (χ0) is 22.1. The van der Waals surface area contributed by atoms with Crippen molar-refractivity contribution in [2.45, 2.75) is 0 Å². The van der Waals surface area contributed by atoms with Gasteiger partial charge in [0.05, 0.1) is 43.3 Å². The van der Waals surface area contributed by atoms with Crippen molar-refractivity contribution in [2.75, 3.05) is 32.8 Å². The highest BCUT2D eigenvalue weighted by atomic mass is 35.5. The fourth-order valence-electron chi connectivity index (χ4n) is 3.31. The van der Waals surface area contributed by atoms with Crippen molar-refractivity contribution in [2.24, 2.45) is 0 Å². The normalized spacial score (nSPS) is 10.8. The van der Waals surface area contributed by atoms with E-state index in [1.54, 1.807) is 57.7 Å². The predicted molar refractivity (Wildman–Crippen MR) is 122 cm³/mol. The molecule has 0 atom stereocenters.